The maximum Gasteiger partial charge on any atom is 0.350 e. The Labute approximate surface area is 166 Å². The Bertz CT molecular complexity index is 1030. The van der Waals surface area contributed by atoms with Crippen LogP contribution in [-0.2, 0) is 6.61 Å². The highest BCUT2D eigenvalue weighted by atomic mass is 19.1. The fraction of sp³-hybridized carbons (Fsp3) is 0.0952. The molecule has 3 aromatic rings. The Balaban J connectivity index is 1.88. The second kappa shape index (κ2) is 8.68. The van der Waals surface area contributed by atoms with Crippen LogP contribution < -0.4 is 26.9 Å². The number of nitrogens with two attached hydrogens (primary N) is 2. The van der Waals surface area contributed by atoms with Gasteiger partial charge in [0.2, 0.25) is 0 Å². The maximum atomic E-state index is 14.3. The van der Waals surface area contributed by atoms with Gasteiger partial charge in [-0.05, 0) is 53.9 Å². The Morgan fingerprint density at radius 2 is 1.76 bits per heavy atom. The van der Waals surface area contributed by atoms with Crippen molar-refractivity contribution in [3.05, 3.63) is 83.4 Å². The van der Waals surface area contributed by atoms with Crippen LogP contribution in [0.2, 0.25) is 0 Å². The quantitative estimate of drug-likeness (QED) is 0.346. The number of hydrazine groups is 2. The molecule has 0 fully saturated rings. The summed E-state index contributed by atoms with van der Waals surface area (Å²) in [6.45, 7) is 1.79. The van der Waals surface area contributed by atoms with E-state index in [9.17, 15) is 13.6 Å². The molecule has 0 unspecified atom stereocenters. The van der Waals surface area contributed by atoms with Gasteiger partial charge in [0.15, 0.2) is 11.6 Å². The first-order valence-corrected chi connectivity index (χ1v) is 8.73. The van der Waals surface area contributed by atoms with E-state index in [1.54, 1.807) is 30.3 Å². The van der Waals surface area contributed by atoms with Crippen LogP contribution in [0.25, 0.3) is 11.1 Å². The average Bonchev–Trinajstić information content (AvgIpc) is 2.73. The van der Waals surface area contributed by atoms with Crippen molar-refractivity contribution in [2.75, 3.05) is 5.01 Å². The number of nitrogens with one attached hydrogen (secondary N) is 1. The summed E-state index contributed by atoms with van der Waals surface area (Å²) in [5.41, 5.74) is 5.14. The van der Waals surface area contributed by atoms with Crippen molar-refractivity contribution in [2.24, 2.45) is 11.7 Å². The van der Waals surface area contributed by atoms with Crippen molar-refractivity contribution in [1.29, 1.82) is 0 Å². The van der Waals surface area contributed by atoms with Gasteiger partial charge in [-0.15, -0.1) is 0 Å². The maximum absolute atomic E-state index is 14.3. The standard InChI is InChI=1S/C21H20F2N4O2/c1-13-3-2-4-19(27(25)21(28)26-24)17(13)12-29-20-11-15(7-10-18(20)23)14-5-8-16(22)9-6-14/h2-11H,12,24-25H2,1H3,(H,26,28). The number of halogens is 2. The van der Waals surface area contributed by atoms with Crippen molar-refractivity contribution in [2.45, 2.75) is 13.5 Å². The predicted octanol–water partition coefficient (Wildman–Crippen LogP) is 3.78. The molecule has 0 aliphatic rings. The van der Waals surface area contributed by atoms with Gasteiger partial charge in [0, 0.05) is 5.56 Å². The van der Waals surface area contributed by atoms with Crippen LogP contribution in [-0.4, -0.2) is 6.03 Å². The summed E-state index contributed by atoms with van der Waals surface area (Å²) in [6, 6.07) is 14.7. The molecular formula is C21H20F2N4O2. The second-order valence-corrected chi connectivity index (χ2v) is 6.33. The number of urea groups is 1. The fourth-order valence-corrected chi connectivity index (χ4v) is 2.87. The monoisotopic (exact) mass is 398 g/mol. The van der Waals surface area contributed by atoms with Crippen LogP contribution in [0, 0.1) is 18.6 Å². The highest BCUT2D eigenvalue weighted by molar-refractivity contribution is 5.91. The lowest BCUT2D eigenvalue weighted by Gasteiger charge is -2.21. The molecule has 3 rings (SSSR count). The van der Waals surface area contributed by atoms with Crippen LogP contribution >= 0.6 is 0 Å². The van der Waals surface area contributed by atoms with Gasteiger partial charge in [0.05, 0.1) is 5.69 Å². The molecule has 0 atom stereocenters. The zero-order valence-corrected chi connectivity index (χ0v) is 15.7. The van der Waals surface area contributed by atoms with E-state index in [-0.39, 0.29) is 18.2 Å². The van der Waals surface area contributed by atoms with Gasteiger partial charge in [0.1, 0.15) is 12.4 Å². The lowest BCUT2D eigenvalue weighted by molar-refractivity contribution is 0.246. The first-order valence-electron chi connectivity index (χ1n) is 8.73. The molecule has 0 saturated heterocycles. The molecule has 0 aliphatic heterocycles. The van der Waals surface area contributed by atoms with Crippen LogP contribution in [0.5, 0.6) is 5.75 Å². The molecule has 29 heavy (non-hydrogen) atoms. The van der Waals surface area contributed by atoms with Gasteiger partial charge in [-0.25, -0.2) is 30.3 Å². The molecule has 0 saturated carbocycles. The Kier molecular flexibility index (Phi) is 6.06. The Hall–Kier alpha value is -3.49. The molecule has 0 aliphatic carbocycles. The minimum Gasteiger partial charge on any atom is -0.486 e. The molecule has 0 aromatic heterocycles. The van der Waals surface area contributed by atoms with E-state index in [1.165, 1.54) is 24.3 Å². The van der Waals surface area contributed by atoms with Crippen molar-refractivity contribution in [3.63, 3.8) is 0 Å². The van der Waals surface area contributed by atoms with E-state index in [0.29, 0.717) is 16.8 Å². The molecule has 150 valence electrons. The number of benzene rings is 3. The van der Waals surface area contributed by atoms with Gasteiger partial charge in [-0.2, -0.15) is 0 Å². The van der Waals surface area contributed by atoms with Crippen LogP contribution in [0.1, 0.15) is 11.1 Å². The summed E-state index contributed by atoms with van der Waals surface area (Å²) >= 11 is 0. The van der Waals surface area contributed by atoms with Gasteiger partial charge < -0.3 is 4.74 Å². The number of aryl methyl sites for hydroxylation is 1. The summed E-state index contributed by atoms with van der Waals surface area (Å²) < 4.78 is 33.1. The molecule has 0 heterocycles. The molecular weight excluding hydrogens is 378 g/mol. The molecule has 6 nitrogen and oxygen atoms in total. The van der Waals surface area contributed by atoms with Gasteiger partial charge in [0.25, 0.3) is 0 Å². The number of ether oxygens (including phenoxy) is 1. The summed E-state index contributed by atoms with van der Waals surface area (Å²) in [6.07, 6.45) is 0. The number of carbonyl (C=O) groups excluding carboxylic acids is 1. The number of hydrogen-bond acceptors (Lipinski definition) is 4. The smallest absolute Gasteiger partial charge is 0.350 e. The molecule has 5 N–H and O–H groups in total. The summed E-state index contributed by atoms with van der Waals surface area (Å²) in [4.78, 5) is 11.8. The third-order valence-electron chi connectivity index (χ3n) is 4.47. The number of anilines is 1. The topological polar surface area (TPSA) is 93.6 Å². The van der Waals surface area contributed by atoms with Crippen LogP contribution in [0.4, 0.5) is 19.3 Å². The van der Waals surface area contributed by atoms with Crippen LogP contribution in [0.3, 0.4) is 0 Å². The molecule has 0 spiro atoms. The van der Waals surface area contributed by atoms with Gasteiger partial charge in [-0.1, -0.05) is 30.3 Å². The molecule has 0 bridgehead atoms. The van der Waals surface area contributed by atoms with Gasteiger partial charge in [-0.3, -0.25) is 5.43 Å². The van der Waals surface area contributed by atoms with Crippen molar-refractivity contribution < 1.29 is 18.3 Å². The van der Waals surface area contributed by atoms with Crippen molar-refractivity contribution in [1.82, 2.24) is 5.43 Å². The normalized spacial score (nSPS) is 10.5. The van der Waals surface area contributed by atoms with Crippen LogP contribution in [0.15, 0.2) is 60.7 Å². The average molecular weight is 398 g/mol. The second-order valence-electron chi connectivity index (χ2n) is 6.33. The molecule has 8 heteroatoms. The number of carbonyl (C=O) groups is 1. The highest BCUT2D eigenvalue weighted by Gasteiger charge is 2.17. The lowest BCUT2D eigenvalue weighted by atomic mass is 10.1. The molecule has 3 aromatic carbocycles. The fourth-order valence-electron chi connectivity index (χ4n) is 2.87. The zero-order valence-electron chi connectivity index (χ0n) is 15.7. The van der Waals surface area contributed by atoms with Crippen molar-refractivity contribution >= 4 is 11.7 Å². The van der Waals surface area contributed by atoms with Gasteiger partial charge >= 0.3 is 6.03 Å². The number of hydrogen-bond donors (Lipinski definition) is 3. The number of nitrogens with zero attached hydrogens (tertiary/aromatic N) is 1. The molecule has 0 radical (unpaired) electrons. The first-order chi connectivity index (χ1) is 13.9. The third-order valence-corrected chi connectivity index (χ3v) is 4.47. The summed E-state index contributed by atoms with van der Waals surface area (Å²) in [5.74, 6) is 10.1. The van der Waals surface area contributed by atoms with E-state index in [1.807, 2.05) is 18.4 Å². The van der Waals surface area contributed by atoms with E-state index in [0.717, 1.165) is 16.1 Å². The Morgan fingerprint density at radius 3 is 2.45 bits per heavy atom. The lowest BCUT2D eigenvalue weighted by Crippen LogP contribution is -2.48. The minimum atomic E-state index is -0.707. The van der Waals surface area contributed by atoms with E-state index >= 15 is 0 Å². The summed E-state index contributed by atoms with van der Waals surface area (Å²) in [7, 11) is 0. The number of amides is 2. The van der Waals surface area contributed by atoms with E-state index < -0.39 is 11.8 Å². The predicted molar refractivity (Wildman–Crippen MR) is 107 cm³/mol. The Morgan fingerprint density at radius 1 is 1.07 bits per heavy atom. The minimum absolute atomic E-state index is 0.0212. The molecule has 2 amide bonds. The van der Waals surface area contributed by atoms with E-state index in [4.69, 9.17) is 16.4 Å². The highest BCUT2D eigenvalue weighted by Crippen LogP contribution is 2.29. The van der Waals surface area contributed by atoms with E-state index in [2.05, 4.69) is 0 Å². The zero-order chi connectivity index (χ0) is 21.0. The largest absolute Gasteiger partial charge is 0.486 e. The third kappa shape index (κ3) is 4.50. The van der Waals surface area contributed by atoms with Crippen molar-refractivity contribution in [3.8, 4) is 16.9 Å². The SMILES string of the molecule is Cc1cccc(N(N)C(=O)NN)c1COc1cc(-c2ccc(F)cc2)ccc1F. The number of rotatable bonds is 5. The summed E-state index contributed by atoms with van der Waals surface area (Å²) in [5, 5.41) is 0.858. The first kappa shape index (κ1) is 20.2.